The molecule has 1 aromatic carbocycles. The van der Waals surface area contributed by atoms with E-state index in [2.05, 4.69) is 15.8 Å². The molecule has 0 saturated heterocycles. The zero-order chi connectivity index (χ0) is 15.1. The number of carbonyl (C=O) groups is 2. The molecule has 0 saturated carbocycles. The Morgan fingerprint density at radius 3 is 2.67 bits per heavy atom. The number of aryl methyl sites for hydroxylation is 1. The van der Waals surface area contributed by atoms with Crippen LogP contribution in [0.25, 0.3) is 0 Å². The maximum atomic E-state index is 11.8. The minimum atomic E-state index is -0.372. The first-order chi connectivity index (χ1) is 10.1. The fourth-order valence-electron chi connectivity index (χ4n) is 1.54. The molecule has 2 aromatic rings. The highest BCUT2D eigenvalue weighted by Crippen LogP contribution is 2.04. The second-order valence-electron chi connectivity index (χ2n) is 4.36. The van der Waals surface area contributed by atoms with Gasteiger partial charge in [0, 0.05) is 10.4 Å². The second-order valence-corrected chi connectivity index (χ2v) is 5.34. The Kier molecular flexibility index (Phi) is 5.22. The van der Waals surface area contributed by atoms with Gasteiger partial charge in [0.1, 0.15) is 0 Å². The Bertz CT molecular complexity index is 633. The second kappa shape index (κ2) is 7.35. The molecule has 0 aliphatic rings. The summed E-state index contributed by atoms with van der Waals surface area (Å²) in [5.74, 6) is -0.657. The molecule has 0 bridgehead atoms. The molecule has 0 aliphatic carbocycles. The van der Waals surface area contributed by atoms with Crippen LogP contribution >= 0.6 is 11.3 Å². The number of carbonyl (C=O) groups excluding carboxylic acids is 2. The van der Waals surface area contributed by atoms with Crippen LogP contribution in [0.1, 0.15) is 20.8 Å². The van der Waals surface area contributed by atoms with Crippen LogP contribution in [0.3, 0.4) is 0 Å². The Hall–Kier alpha value is -2.47. The lowest BCUT2D eigenvalue weighted by Crippen LogP contribution is -2.34. The fourth-order valence-corrected chi connectivity index (χ4v) is 2.12. The van der Waals surface area contributed by atoms with E-state index in [1.165, 1.54) is 11.3 Å². The van der Waals surface area contributed by atoms with Crippen molar-refractivity contribution in [2.45, 2.75) is 6.92 Å². The summed E-state index contributed by atoms with van der Waals surface area (Å²) >= 11 is 1.52. The molecule has 0 radical (unpaired) electrons. The lowest BCUT2D eigenvalue weighted by molar-refractivity contribution is -0.120. The minimum Gasteiger partial charge on any atom is -0.343 e. The summed E-state index contributed by atoms with van der Waals surface area (Å²) in [6, 6.07) is 10.9. The van der Waals surface area contributed by atoms with Crippen LogP contribution in [0.5, 0.6) is 0 Å². The Morgan fingerprint density at radius 1 is 1.24 bits per heavy atom. The number of amides is 2. The van der Waals surface area contributed by atoms with Crippen molar-refractivity contribution in [3.63, 3.8) is 0 Å². The van der Waals surface area contributed by atoms with Gasteiger partial charge in [-0.25, -0.2) is 5.43 Å². The van der Waals surface area contributed by atoms with Crippen LogP contribution in [-0.2, 0) is 4.79 Å². The standard InChI is InChI=1S/C15H15N3O2S/c1-11-4-6-12(7-5-11)15(20)16-10-14(19)18-17-9-13-3-2-8-21-13/h2-9H,10H2,1H3,(H,16,20)(H,18,19)/b17-9-. The summed E-state index contributed by atoms with van der Waals surface area (Å²) in [6.45, 7) is 1.83. The van der Waals surface area contributed by atoms with Gasteiger partial charge in [0.15, 0.2) is 0 Å². The normalized spacial score (nSPS) is 10.5. The van der Waals surface area contributed by atoms with E-state index in [4.69, 9.17) is 0 Å². The Balaban J connectivity index is 1.76. The van der Waals surface area contributed by atoms with Gasteiger partial charge in [-0.2, -0.15) is 5.10 Å². The van der Waals surface area contributed by atoms with E-state index in [1.54, 1.807) is 18.3 Å². The van der Waals surface area contributed by atoms with Crippen molar-refractivity contribution < 1.29 is 9.59 Å². The molecule has 1 aromatic heterocycles. The van der Waals surface area contributed by atoms with Crippen LogP contribution < -0.4 is 10.7 Å². The number of benzene rings is 1. The van der Waals surface area contributed by atoms with Crippen LogP contribution in [0.15, 0.2) is 46.9 Å². The van der Waals surface area contributed by atoms with E-state index in [0.717, 1.165) is 10.4 Å². The van der Waals surface area contributed by atoms with Crippen LogP contribution in [0, 0.1) is 6.92 Å². The monoisotopic (exact) mass is 301 g/mol. The molecule has 0 aliphatic heterocycles. The summed E-state index contributed by atoms with van der Waals surface area (Å²) in [5.41, 5.74) is 3.96. The summed E-state index contributed by atoms with van der Waals surface area (Å²) in [6.07, 6.45) is 1.56. The number of rotatable bonds is 5. The number of nitrogens with zero attached hydrogens (tertiary/aromatic N) is 1. The average molecular weight is 301 g/mol. The predicted octanol–water partition coefficient (Wildman–Crippen LogP) is 1.94. The molecule has 2 rings (SSSR count). The third kappa shape index (κ3) is 4.85. The SMILES string of the molecule is Cc1ccc(C(=O)NCC(=O)N/N=C\c2cccs2)cc1. The molecular formula is C15H15N3O2S. The molecule has 21 heavy (non-hydrogen) atoms. The van der Waals surface area contributed by atoms with Gasteiger partial charge in [0.25, 0.3) is 11.8 Å². The predicted molar refractivity (Wildman–Crippen MR) is 83.6 cm³/mol. The number of hydrogen-bond acceptors (Lipinski definition) is 4. The van der Waals surface area contributed by atoms with Crippen LogP contribution in [-0.4, -0.2) is 24.6 Å². The van der Waals surface area contributed by atoms with Crippen molar-refractivity contribution in [2.75, 3.05) is 6.54 Å². The van der Waals surface area contributed by atoms with E-state index in [9.17, 15) is 9.59 Å². The van der Waals surface area contributed by atoms with E-state index in [-0.39, 0.29) is 18.4 Å². The van der Waals surface area contributed by atoms with Gasteiger partial charge in [-0.3, -0.25) is 9.59 Å². The zero-order valence-electron chi connectivity index (χ0n) is 11.5. The van der Waals surface area contributed by atoms with Crippen LogP contribution in [0.2, 0.25) is 0 Å². The zero-order valence-corrected chi connectivity index (χ0v) is 12.3. The number of hydrogen-bond donors (Lipinski definition) is 2. The van der Waals surface area contributed by atoms with Gasteiger partial charge < -0.3 is 5.32 Å². The van der Waals surface area contributed by atoms with E-state index in [1.807, 2.05) is 36.6 Å². The van der Waals surface area contributed by atoms with Crippen molar-refractivity contribution >= 4 is 29.4 Å². The van der Waals surface area contributed by atoms with Gasteiger partial charge in [-0.1, -0.05) is 23.8 Å². The molecular weight excluding hydrogens is 286 g/mol. The van der Waals surface area contributed by atoms with Gasteiger partial charge in [-0.05, 0) is 30.5 Å². The van der Waals surface area contributed by atoms with Crippen molar-refractivity contribution in [2.24, 2.45) is 5.10 Å². The molecule has 6 heteroatoms. The molecule has 0 fully saturated rings. The number of thiophene rings is 1. The molecule has 0 unspecified atom stereocenters. The largest absolute Gasteiger partial charge is 0.343 e. The summed E-state index contributed by atoms with van der Waals surface area (Å²) in [7, 11) is 0. The van der Waals surface area contributed by atoms with Crippen molar-refractivity contribution in [3.05, 3.63) is 57.8 Å². The Morgan fingerprint density at radius 2 is 2.00 bits per heavy atom. The topological polar surface area (TPSA) is 70.6 Å². The van der Waals surface area contributed by atoms with Crippen molar-refractivity contribution in [1.29, 1.82) is 0 Å². The first-order valence-corrected chi connectivity index (χ1v) is 7.23. The lowest BCUT2D eigenvalue weighted by Gasteiger charge is -2.04. The minimum absolute atomic E-state index is 0.117. The highest BCUT2D eigenvalue weighted by molar-refractivity contribution is 7.11. The average Bonchev–Trinajstić information content (AvgIpc) is 2.99. The van der Waals surface area contributed by atoms with E-state index >= 15 is 0 Å². The quantitative estimate of drug-likeness (QED) is 0.654. The third-order valence-electron chi connectivity index (χ3n) is 2.65. The van der Waals surface area contributed by atoms with Gasteiger partial charge in [0.2, 0.25) is 0 Å². The highest BCUT2D eigenvalue weighted by atomic mass is 32.1. The summed E-state index contributed by atoms with van der Waals surface area (Å²) in [4.78, 5) is 24.3. The maximum absolute atomic E-state index is 11.8. The lowest BCUT2D eigenvalue weighted by atomic mass is 10.1. The van der Waals surface area contributed by atoms with Crippen LogP contribution in [0.4, 0.5) is 0 Å². The Labute approximate surface area is 126 Å². The molecule has 2 N–H and O–H groups in total. The summed E-state index contributed by atoms with van der Waals surface area (Å²) < 4.78 is 0. The van der Waals surface area contributed by atoms with Gasteiger partial charge >= 0.3 is 0 Å². The summed E-state index contributed by atoms with van der Waals surface area (Å²) in [5, 5.41) is 8.27. The first-order valence-electron chi connectivity index (χ1n) is 6.35. The van der Waals surface area contributed by atoms with Crippen molar-refractivity contribution in [3.8, 4) is 0 Å². The van der Waals surface area contributed by atoms with E-state index < -0.39 is 0 Å². The molecule has 0 spiro atoms. The molecule has 5 nitrogen and oxygen atoms in total. The van der Waals surface area contributed by atoms with Gasteiger partial charge in [-0.15, -0.1) is 11.3 Å². The third-order valence-corrected chi connectivity index (χ3v) is 3.45. The van der Waals surface area contributed by atoms with Crippen molar-refractivity contribution in [1.82, 2.24) is 10.7 Å². The molecule has 108 valence electrons. The maximum Gasteiger partial charge on any atom is 0.259 e. The molecule has 2 amide bonds. The molecule has 0 atom stereocenters. The fraction of sp³-hybridized carbons (Fsp3) is 0.133. The number of nitrogens with one attached hydrogen (secondary N) is 2. The number of hydrazone groups is 1. The highest BCUT2D eigenvalue weighted by Gasteiger charge is 2.06. The van der Waals surface area contributed by atoms with E-state index in [0.29, 0.717) is 5.56 Å². The molecule has 1 heterocycles. The first kappa shape index (κ1) is 14.9. The van der Waals surface area contributed by atoms with Gasteiger partial charge in [0.05, 0.1) is 12.8 Å². The smallest absolute Gasteiger partial charge is 0.259 e.